The Bertz CT molecular complexity index is 719. The van der Waals surface area contributed by atoms with Crippen molar-refractivity contribution in [2.24, 2.45) is 0 Å². The monoisotopic (exact) mass is 346 g/mol. The number of carbonyl (C=O) groups is 2. The first-order chi connectivity index (χ1) is 12.1. The number of ether oxygens (including phenoxy) is 2. The third-order valence-corrected chi connectivity index (χ3v) is 3.17. The molecule has 2 rings (SSSR count). The van der Waals surface area contributed by atoms with Gasteiger partial charge in [-0.2, -0.15) is 0 Å². The molecule has 2 aromatic carbocycles. The summed E-state index contributed by atoms with van der Waals surface area (Å²) in [5, 5.41) is 0. The summed E-state index contributed by atoms with van der Waals surface area (Å²) in [4.78, 5) is 23.6. The van der Waals surface area contributed by atoms with Crippen molar-refractivity contribution in [3.8, 4) is 11.5 Å². The lowest BCUT2D eigenvalue weighted by atomic mass is 10.2. The van der Waals surface area contributed by atoms with Crippen LogP contribution < -0.4 is 20.3 Å². The lowest BCUT2D eigenvalue weighted by Gasteiger charge is -2.09. The molecule has 6 nitrogen and oxygen atoms in total. The van der Waals surface area contributed by atoms with Gasteiger partial charge in [-0.1, -0.05) is 12.1 Å². The van der Waals surface area contributed by atoms with Gasteiger partial charge in [0.1, 0.15) is 5.75 Å². The molecule has 0 spiro atoms. The van der Waals surface area contributed by atoms with Gasteiger partial charge in [-0.05, 0) is 43.3 Å². The van der Waals surface area contributed by atoms with Gasteiger partial charge in [0.2, 0.25) is 5.91 Å². The first kappa shape index (κ1) is 18.3. The van der Waals surface area contributed by atoms with Crippen LogP contribution >= 0.6 is 0 Å². The molecule has 0 aromatic heterocycles. The summed E-state index contributed by atoms with van der Waals surface area (Å²) in [5.41, 5.74) is 4.96. The molecular formula is C18H19FN2O4. The molecule has 2 aromatic rings. The normalized spacial score (nSPS) is 10.0. The highest BCUT2D eigenvalue weighted by atomic mass is 19.1. The zero-order valence-corrected chi connectivity index (χ0v) is 13.8. The number of hydrogen-bond donors (Lipinski definition) is 2. The lowest BCUT2D eigenvalue weighted by molar-refractivity contribution is -0.122. The molecule has 0 fully saturated rings. The van der Waals surface area contributed by atoms with Gasteiger partial charge in [0.05, 0.1) is 19.6 Å². The molecule has 25 heavy (non-hydrogen) atoms. The van der Waals surface area contributed by atoms with E-state index < -0.39 is 17.6 Å². The van der Waals surface area contributed by atoms with Crippen molar-refractivity contribution in [2.45, 2.75) is 13.3 Å². The van der Waals surface area contributed by atoms with Crippen LogP contribution in [0.1, 0.15) is 23.7 Å². The Hall–Kier alpha value is -3.09. The van der Waals surface area contributed by atoms with Crippen molar-refractivity contribution in [3.63, 3.8) is 0 Å². The van der Waals surface area contributed by atoms with E-state index in [0.717, 1.165) is 0 Å². The average Bonchev–Trinajstić information content (AvgIpc) is 2.62. The quantitative estimate of drug-likeness (QED) is 0.755. The fraction of sp³-hybridized carbons (Fsp3) is 0.222. The van der Waals surface area contributed by atoms with Crippen molar-refractivity contribution < 1.29 is 23.5 Å². The largest absolute Gasteiger partial charge is 0.494 e. The Labute approximate surface area is 144 Å². The highest BCUT2D eigenvalue weighted by molar-refractivity contribution is 5.95. The zero-order chi connectivity index (χ0) is 18.1. The standard InChI is InChI=1S/C18H19FN2O4/c1-2-24-14-9-7-13(8-10-14)18(23)21-20-17(22)11-12-25-16-6-4-3-5-15(16)19/h3-10H,2,11-12H2,1H3,(H,20,22)(H,21,23). The maximum absolute atomic E-state index is 13.3. The number of nitrogens with one attached hydrogen (secondary N) is 2. The molecule has 0 aliphatic rings. The second-order valence-corrected chi connectivity index (χ2v) is 4.99. The molecule has 0 unspecified atom stereocenters. The molecule has 0 atom stereocenters. The van der Waals surface area contributed by atoms with Crippen LogP contribution in [0, 0.1) is 5.82 Å². The molecule has 0 saturated heterocycles. The van der Waals surface area contributed by atoms with E-state index in [-0.39, 0.29) is 18.8 Å². The molecule has 0 bridgehead atoms. The topological polar surface area (TPSA) is 76.7 Å². The molecule has 0 radical (unpaired) electrons. The summed E-state index contributed by atoms with van der Waals surface area (Å²) >= 11 is 0. The van der Waals surface area contributed by atoms with Gasteiger partial charge in [0.15, 0.2) is 11.6 Å². The maximum atomic E-state index is 13.3. The first-order valence-electron chi connectivity index (χ1n) is 7.79. The summed E-state index contributed by atoms with van der Waals surface area (Å²) in [5.74, 6) is -0.657. The number of carbonyl (C=O) groups excluding carboxylic acids is 2. The molecule has 0 aliphatic heterocycles. The van der Waals surface area contributed by atoms with E-state index in [1.165, 1.54) is 12.1 Å². The van der Waals surface area contributed by atoms with Crippen LogP contribution in [0.4, 0.5) is 4.39 Å². The maximum Gasteiger partial charge on any atom is 0.269 e. The Morgan fingerprint density at radius 2 is 1.72 bits per heavy atom. The predicted octanol–water partition coefficient (Wildman–Crippen LogP) is 2.45. The lowest BCUT2D eigenvalue weighted by Crippen LogP contribution is -2.42. The van der Waals surface area contributed by atoms with Crippen LogP contribution in [0.25, 0.3) is 0 Å². The Morgan fingerprint density at radius 1 is 1.00 bits per heavy atom. The van der Waals surface area contributed by atoms with Crippen molar-refractivity contribution in [1.29, 1.82) is 0 Å². The Balaban J connectivity index is 1.72. The third kappa shape index (κ3) is 5.80. The van der Waals surface area contributed by atoms with Gasteiger partial charge in [-0.25, -0.2) is 4.39 Å². The number of benzene rings is 2. The van der Waals surface area contributed by atoms with Crippen LogP contribution in [0.2, 0.25) is 0 Å². The molecule has 0 aliphatic carbocycles. The number of rotatable bonds is 7. The minimum absolute atomic E-state index is 0.00824. The first-order valence-corrected chi connectivity index (χ1v) is 7.79. The van der Waals surface area contributed by atoms with E-state index in [1.807, 2.05) is 6.92 Å². The van der Waals surface area contributed by atoms with E-state index in [9.17, 15) is 14.0 Å². The summed E-state index contributed by atoms with van der Waals surface area (Å²) in [6, 6.07) is 12.4. The zero-order valence-electron chi connectivity index (χ0n) is 13.8. The number of hydrazine groups is 1. The van der Waals surface area contributed by atoms with Crippen LogP contribution in [-0.2, 0) is 4.79 Å². The smallest absolute Gasteiger partial charge is 0.269 e. The molecule has 0 saturated carbocycles. The minimum atomic E-state index is -0.494. The van der Waals surface area contributed by atoms with E-state index >= 15 is 0 Å². The van der Waals surface area contributed by atoms with Crippen LogP contribution in [0.5, 0.6) is 11.5 Å². The molecular weight excluding hydrogens is 327 g/mol. The highest BCUT2D eigenvalue weighted by Gasteiger charge is 2.08. The molecule has 2 N–H and O–H groups in total. The van der Waals surface area contributed by atoms with Gasteiger partial charge in [0.25, 0.3) is 5.91 Å². The van der Waals surface area contributed by atoms with Crippen LogP contribution in [0.15, 0.2) is 48.5 Å². The highest BCUT2D eigenvalue weighted by Crippen LogP contribution is 2.15. The summed E-state index contributed by atoms with van der Waals surface area (Å²) < 4.78 is 23.8. The van der Waals surface area contributed by atoms with Crippen LogP contribution in [-0.4, -0.2) is 25.0 Å². The fourth-order valence-electron chi connectivity index (χ4n) is 1.95. The summed E-state index contributed by atoms with van der Waals surface area (Å²) in [6.07, 6.45) is -0.0299. The number of amides is 2. The SMILES string of the molecule is CCOc1ccc(C(=O)NNC(=O)CCOc2ccccc2F)cc1. The van der Waals surface area contributed by atoms with Crippen molar-refractivity contribution >= 4 is 11.8 Å². The van der Waals surface area contributed by atoms with Crippen LogP contribution in [0.3, 0.4) is 0 Å². The van der Waals surface area contributed by atoms with Crippen molar-refractivity contribution in [2.75, 3.05) is 13.2 Å². The number of hydrogen-bond acceptors (Lipinski definition) is 4. The second kappa shape index (κ2) is 9.27. The van der Waals surface area contributed by atoms with Gasteiger partial charge in [0, 0.05) is 5.56 Å². The minimum Gasteiger partial charge on any atom is -0.494 e. The van der Waals surface area contributed by atoms with E-state index in [2.05, 4.69) is 10.9 Å². The summed E-state index contributed by atoms with van der Waals surface area (Å²) in [6.45, 7) is 2.40. The average molecular weight is 346 g/mol. The number of para-hydroxylation sites is 1. The van der Waals surface area contributed by atoms with Gasteiger partial charge < -0.3 is 9.47 Å². The second-order valence-electron chi connectivity index (χ2n) is 4.99. The van der Waals surface area contributed by atoms with Crippen molar-refractivity contribution in [1.82, 2.24) is 10.9 Å². The predicted molar refractivity (Wildman–Crippen MR) is 89.7 cm³/mol. The van der Waals surface area contributed by atoms with E-state index in [4.69, 9.17) is 9.47 Å². The molecule has 2 amide bonds. The molecule has 7 heteroatoms. The van der Waals surface area contributed by atoms with Gasteiger partial charge >= 0.3 is 0 Å². The van der Waals surface area contributed by atoms with E-state index in [1.54, 1.807) is 36.4 Å². The van der Waals surface area contributed by atoms with Gasteiger partial charge in [-0.3, -0.25) is 20.4 Å². The molecule has 0 heterocycles. The van der Waals surface area contributed by atoms with Crippen molar-refractivity contribution in [3.05, 3.63) is 59.9 Å². The third-order valence-electron chi connectivity index (χ3n) is 3.17. The molecule has 132 valence electrons. The summed E-state index contributed by atoms with van der Waals surface area (Å²) in [7, 11) is 0. The Kier molecular flexibility index (Phi) is 6.76. The number of halogens is 1. The Morgan fingerprint density at radius 3 is 2.40 bits per heavy atom. The fourth-order valence-corrected chi connectivity index (χ4v) is 1.95. The van der Waals surface area contributed by atoms with Gasteiger partial charge in [-0.15, -0.1) is 0 Å². The van der Waals surface area contributed by atoms with E-state index in [0.29, 0.717) is 17.9 Å².